The topological polar surface area (TPSA) is 21.3 Å². The molecule has 0 bridgehead atoms. The van der Waals surface area contributed by atoms with Crippen molar-refractivity contribution in [2.75, 3.05) is 13.2 Å². The van der Waals surface area contributed by atoms with Crippen LogP contribution in [0, 0.1) is 0 Å². The van der Waals surface area contributed by atoms with E-state index in [1.165, 1.54) is 5.56 Å². The first-order valence-corrected chi connectivity index (χ1v) is 7.26. The third-order valence-electron chi connectivity index (χ3n) is 2.73. The lowest BCUT2D eigenvalue weighted by Gasteiger charge is -2.17. The van der Waals surface area contributed by atoms with Crippen molar-refractivity contribution in [2.24, 2.45) is 0 Å². The predicted molar refractivity (Wildman–Crippen MR) is 81.3 cm³/mol. The van der Waals surface area contributed by atoms with Gasteiger partial charge in [0.2, 0.25) is 0 Å². The molecule has 0 aliphatic heterocycles. The molecule has 18 heavy (non-hydrogen) atoms. The highest BCUT2D eigenvalue weighted by molar-refractivity contribution is 9.11. The van der Waals surface area contributed by atoms with E-state index in [2.05, 4.69) is 53.8 Å². The van der Waals surface area contributed by atoms with E-state index in [1.54, 1.807) is 0 Å². The van der Waals surface area contributed by atoms with Crippen LogP contribution in [0.5, 0.6) is 5.75 Å². The lowest BCUT2D eigenvalue weighted by atomic mass is 10.0. The van der Waals surface area contributed by atoms with Crippen LogP contribution >= 0.6 is 15.9 Å². The van der Waals surface area contributed by atoms with Crippen molar-refractivity contribution in [1.29, 1.82) is 0 Å². The van der Waals surface area contributed by atoms with Gasteiger partial charge in [-0.25, -0.2) is 0 Å². The van der Waals surface area contributed by atoms with Gasteiger partial charge in [-0.15, -0.1) is 0 Å². The summed E-state index contributed by atoms with van der Waals surface area (Å²) in [6.07, 6.45) is 2.25. The zero-order chi connectivity index (χ0) is 13.4. The Balaban J connectivity index is 2.59. The summed E-state index contributed by atoms with van der Waals surface area (Å²) in [5, 5.41) is 3.54. The first kappa shape index (κ1) is 15.3. The van der Waals surface area contributed by atoms with E-state index in [1.807, 2.05) is 12.1 Å². The molecule has 100 valence electrons. The van der Waals surface area contributed by atoms with E-state index in [-0.39, 0.29) is 0 Å². The Kier molecular flexibility index (Phi) is 7.06. The van der Waals surface area contributed by atoms with Crippen LogP contribution in [0.2, 0.25) is 0 Å². The monoisotopic (exact) mass is 311 g/mol. The van der Waals surface area contributed by atoms with E-state index in [9.17, 15) is 0 Å². The molecule has 0 heterocycles. The fraction of sp³-hybridized carbons (Fsp3) is 0.467. The third-order valence-corrected chi connectivity index (χ3v) is 2.96. The Morgan fingerprint density at radius 2 is 2.00 bits per heavy atom. The van der Waals surface area contributed by atoms with Crippen molar-refractivity contribution in [2.45, 2.75) is 32.7 Å². The number of hydrogen-bond acceptors (Lipinski definition) is 2. The quantitative estimate of drug-likeness (QED) is 0.767. The van der Waals surface area contributed by atoms with Crippen LogP contribution < -0.4 is 10.1 Å². The summed E-state index contributed by atoms with van der Waals surface area (Å²) in [5.74, 6) is 0.879. The molecule has 0 fully saturated rings. The Labute approximate surface area is 119 Å². The van der Waals surface area contributed by atoms with Gasteiger partial charge in [-0.3, -0.25) is 0 Å². The van der Waals surface area contributed by atoms with Crippen LogP contribution in [0.25, 0.3) is 0 Å². The van der Waals surface area contributed by atoms with Crippen LogP contribution in [0.15, 0.2) is 35.3 Å². The van der Waals surface area contributed by atoms with Gasteiger partial charge >= 0.3 is 0 Å². The average Bonchev–Trinajstić information content (AvgIpc) is 2.38. The zero-order valence-corrected chi connectivity index (χ0v) is 12.8. The second-order valence-corrected chi connectivity index (χ2v) is 5.41. The normalized spacial score (nSPS) is 12.2. The minimum absolute atomic E-state index is 0.435. The van der Waals surface area contributed by atoms with Crippen molar-refractivity contribution in [3.63, 3.8) is 0 Å². The van der Waals surface area contributed by atoms with Gasteiger partial charge in [0.1, 0.15) is 12.4 Å². The molecule has 2 nitrogen and oxygen atoms in total. The first-order valence-electron chi connectivity index (χ1n) is 6.46. The molecule has 1 atom stereocenters. The maximum Gasteiger partial charge on any atom is 0.119 e. The van der Waals surface area contributed by atoms with Gasteiger partial charge in [0.15, 0.2) is 0 Å². The molecule has 3 heteroatoms. The van der Waals surface area contributed by atoms with Gasteiger partial charge in [-0.05, 0) is 37.1 Å². The van der Waals surface area contributed by atoms with E-state index in [0.29, 0.717) is 12.6 Å². The Morgan fingerprint density at radius 3 is 2.50 bits per heavy atom. The van der Waals surface area contributed by atoms with Gasteiger partial charge in [0.25, 0.3) is 0 Å². The number of ether oxygens (including phenoxy) is 1. The highest BCUT2D eigenvalue weighted by Crippen LogP contribution is 2.20. The molecule has 0 amide bonds. The standard InChI is InChI=1S/C15H22BrNO/c1-4-10-17-15(5-2)13-6-8-14(9-7-13)18-11-12(3)16/h6-9,15,17H,3-5,10-11H2,1-2H3. The molecule has 1 N–H and O–H groups in total. The predicted octanol–water partition coefficient (Wildman–Crippen LogP) is 4.42. The molecule has 1 rings (SSSR count). The molecule has 1 unspecified atom stereocenters. The lowest BCUT2D eigenvalue weighted by molar-refractivity contribution is 0.360. The summed E-state index contributed by atoms with van der Waals surface area (Å²) in [5.41, 5.74) is 1.32. The molecule has 0 spiro atoms. The number of hydrogen-bond donors (Lipinski definition) is 1. The Hall–Kier alpha value is -0.800. The Bertz CT molecular complexity index is 361. The van der Waals surface area contributed by atoms with Gasteiger partial charge in [-0.1, -0.05) is 48.5 Å². The van der Waals surface area contributed by atoms with E-state index >= 15 is 0 Å². The molecule has 1 aromatic carbocycles. The van der Waals surface area contributed by atoms with E-state index < -0.39 is 0 Å². The molecule has 0 aliphatic carbocycles. The SMILES string of the molecule is C=C(Br)COc1ccc(C(CC)NCCC)cc1. The second-order valence-electron chi connectivity index (χ2n) is 4.29. The number of benzene rings is 1. The first-order chi connectivity index (χ1) is 8.67. The molecule has 0 saturated carbocycles. The van der Waals surface area contributed by atoms with Crippen LogP contribution in [0.3, 0.4) is 0 Å². The van der Waals surface area contributed by atoms with Crippen LogP contribution in [0.1, 0.15) is 38.3 Å². The molecule has 0 radical (unpaired) electrons. The summed E-state index contributed by atoms with van der Waals surface area (Å²) in [4.78, 5) is 0. The highest BCUT2D eigenvalue weighted by atomic mass is 79.9. The maximum atomic E-state index is 5.55. The smallest absolute Gasteiger partial charge is 0.119 e. The highest BCUT2D eigenvalue weighted by Gasteiger charge is 2.07. The van der Waals surface area contributed by atoms with E-state index in [4.69, 9.17) is 4.74 Å². The van der Waals surface area contributed by atoms with Crippen molar-refractivity contribution in [1.82, 2.24) is 5.32 Å². The molecule has 0 saturated heterocycles. The van der Waals surface area contributed by atoms with Crippen molar-refractivity contribution < 1.29 is 4.74 Å². The summed E-state index contributed by atoms with van der Waals surface area (Å²) in [6, 6.07) is 8.72. The summed E-state index contributed by atoms with van der Waals surface area (Å²) < 4.78 is 6.40. The fourth-order valence-corrected chi connectivity index (χ4v) is 1.89. The van der Waals surface area contributed by atoms with Crippen LogP contribution in [0.4, 0.5) is 0 Å². The molecule has 0 aromatic heterocycles. The lowest BCUT2D eigenvalue weighted by Crippen LogP contribution is -2.21. The average molecular weight is 312 g/mol. The zero-order valence-electron chi connectivity index (χ0n) is 11.2. The van der Waals surface area contributed by atoms with Crippen LogP contribution in [-0.2, 0) is 0 Å². The van der Waals surface area contributed by atoms with Gasteiger partial charge in [0.05, 0.1) is 0 Å². The summed E-state index contributed by atoms with van der Waals surface area (Å²) >= 11 is 3.28. The minimum atomic E-state index is 0.435. The molecular weight excluding hydrogens is 290 g/mol. The maximum absolute atomic E-state index is 5.55. The minimum Gasteiger partial charge on any atom is -0.488 e. The van der Waals surface area contributed by atoms with Crippen molar-refractivity contribution in [3.05, 3.63) is 40.9 Å². The molecule has 0 aliphatic rings. The van der Waals surface area contributed by atoms with Gasteiger partial charge < -0.3 is 10.1 Å². The molecule has 1 aromatic rings. The van der Waals surface area contributed by atoms with Crippen LogP contribution in [-0.4, -0.2) is 13.2 Å². The largest absolute Gasteiger partial charge is 0.488 e. The summed E-state index contributed by atoms with van der Waals surface area (Å²) in [6.45, 7) is 9.69. The fourth-order valence-electron chi connectivity index (χ4n) is 1.77. The summed E-state index contributed by atoms with van der Waals surface area (Å²) in [7, 11) is 0. The van der Waals surface area contributed by atoms with Crippen molar-refractivity contribution >= 4 is 15.9 Å². The Morgan fingerprint density at radius 1 is 1.33 bits per heavy atom. The van der Waals surface area contributed by atoms with Gasteiger partial charge in [0, 0.05) is 10.5 Å². The second kappa shape index (κ2) is 8.33. The van der Waals surface area contributed by atoms with E-state index in [0.717, 1.165) is 29.6 Å². The molecular formula is C15H22BrNO. The third kappa shape index (κ3) is 5.23. The van der Waals surface area contributed by atoms with Gasteiger partial charge in [-0.2, -0.15) is 0 Å². The number of nitrogens with one attached hydrogen (secondary N) is 1. The number of rotatable bonds is 8. The number of halogens is 1. The van der Waals surface area contributed by atoms with Crippen molar-refractivity contribution in [3.8, 4) is 5.75 Å².